The Kier molecular flexibility index (Phi) is 2.56. The number of imidazole rings is 1. The summed E-state index contributed by atoms with van der Waals surface area (Å²) in [6, 6.07) is 17.7. The van der Waals surface area contributed by atoms with Crippen molar-refractivity contribution in [2.45, 2.75) is 4.90 Å². The summed E-state index contributed by atoms with van der Waals surface area (Å²) in [7, 11) is -3.64. The number of hydrogen-bond acceptors (Lipinski definition) is 2. The maximum atomic E-state index is 13.0. The fraction of sp³-hybridized carbons (Fsp3) is 0. The first-order chi connectivity index (χ1) is 11.7. The molecular formula is C19H13N2O2S+. The van der Waals surface area contributed by atoms with Gasteiger partial charge in [0.25, 0.3) is 6.33 Å². The van der Waals surface area contributed by atoms with Gasteiger partial charge in [0.15, 0.2) is 0 Å². The quantitative estimate of drug-likeness (QED) is 0.397. The third-order valence-electron chi connectivity index (χ3n) is 4.56. The molecule has 0 aliphatic rings. The standard InChI is InChI=1S/C19H12N2O2S/c22-24(23,21-11-10-20-12-21)17-9-7-15-5-4-13-2-1-3-14-6-8-16(17)19(15)18(13)14/h1-12H/p+1. The van der Waals surface area contributed by atoms with Crippen molar-refractivity contribution in [3.05, 3.63) is 73.3 Å². The van der Waals surface area contributed by atoms with Gasteiger partial charge in [0.1, 0.15) is 17.3 Å². The summed E-state index contributed by atoms with van der Waals surface area (Å²) in [6.07, 6.45) is 4.54. The molecule has 0 amide bonds. The van der Waals surface area contributed by atoms with E-state index in [9.17, 15) is 8.42 Å². The van der Waals surface area contributed by atoms with Gasteiger partial charge < -0.3 is 0 Å². The normalized spacial score (nSPS) is 12.5. The van der Waals surface area contributed by atoms with E-state index in [0.717, 1.165) is 32.3 Å². The molecule has 0 radical (unpaired) electrons. The molecule has 0 aliphatic carbocycles. The van der Waals surface area contributed by atoms with Gasteiger partial charge in [-0.1, -0.05) is 48.5 Å². The van der Waals surface area contributed by atoms with E-state index < -0.39 is 10.0 Å². The van der Waals surface area contributed by atoms with Crippen LogP contribution in [0.1, 0.15) is 0 Å². The number of benzene rings is 4. The molecule has 4 aromatic carbocycles. The molecule has 0 fully saturated rings. The molecule has 24 heavy (non-hydrogen) atoms. The first kappa shape index (κ1) is 13.5. The second kappa shape index (κ2) is 4.55. The Labute approximate surface area is 138 Å². The highest BCUT2D eigenvalue weighted by Crippen LogP contribution is 2.36. The molecule has 5 heteroatoms. The van der Waals surface area contributed by atoms with Crippen LogP contribution in [0.2, 0.25) is 0 Å². The zero-order valence-corrected chi connectivity index (χ0v) is 13.4. The largest absolute Gasteiger partial charge is 0.335 e. The van der Waals surface area contributed by atoms with Gasteiger partial charge in [-0.15, -0.1) is 3.97 Å². The molecule has 116 valence electrons. The second-order valence-electron chi connectivity index (χ2n) is 5.87. The number of rotatable bonds is 2. The zero-order chi connectivity index (χ0) is 16.3. The van der Waals surface area contributed by atoms with Crippen LogP contribution >= 0.6 is 0 Å². The third-order valence-corrected chi connectivity index (χ3v) is 6.26. The van der Waals surface area contributed by atoms with Gasteiger partial charge in [0.2, 0.25) is 0 Å². The van der Waals surface area contributed by atoms with Gasteiger partial charge in [0.05, 0.1) is 0 Å². The van der Waals surface area contributed by atoms with E-state index >= 15 is 0 Å². The van der Waals surface area contributed by atoms with E-state index in [1.165, 1.54) is 16.5 Å². The summed E-state index contributed by atoms with van der Waals surface area (Å²) in [5.41, 5.74) is 0. The number of H-pyrrole nitrogens is 1. The number of aromatic amines is 1. The Morgan fingerprint density at radius 3 is 2.17 bits per heavy atom. The minimum atomic E-state index is -3.64. The van der Waals surface area contributed by atoms with Crippen molar-refractivity contribution >= 4 is 42.3 Å². The number of aromatic nitrogens is 2. The highest BCUT2D eigenvalue weighted by Gasteiger charge is 2.25. The van der Waals surface area contributed by atoms with Gasteiger partial charge in [0, 0.05) is 5.39 Å². The number of hydrogen-bond donors (Lipinski definition) is 1. The van der Waals surface area contributed by atoms with Crippen LogP contribution in [0.3, 0.4) is 0 Å². The predicted octanol–water partition coefficient (Wildman–Crippen LogP) is 3.44. The van der Waals surface area contributed by atoms with E-state index in [1.54, 1.807) is 12.3 Å². The van der Waals surface area contributed by atoms with Crippen LogP contribution in [0.15, 0.2) is 78.2 Å². The third kappa shape index (κ3) is 1.67. The summed E-state index contributed by atoms with van der Waals surface area (Å²) in [6.45, 7) is 0. The Balaban J connectivity index is 1.99. The van der Waals surface area contributed by atoms with Crippen LogP contribution in [-0.2, 0) is 10.0 Å². The molecule has 0 bridgehead atoms. The van der Waals surface area contributed by atoms with Crippen LogP contribution in [0.4, 0.5) is 0 Å². The fourth-order valence-corrected chi connectivity index (χ4v) is 4.81. The molecule has 5 aromatic rings. The van der Waals surface area contributed by atoms with Crippen molar-refractivity contribution in [3.63, 3.8) is 0 Å². The van der Waals surface area contributed by atoms with Gasteiger partial charge in [-0.25, -0.2) is 4.98 Å². The molecule has 1 heterocycles. The summed E-state index contributed by atoms with van der Waals surface area (Å²) >= 11 is 0. The van der Waals surface area contributed by atoms with E-state index in [-0.39, 0.29) is 0 Å². The van der Waals surface area contributed by atoms with Gasteiger partial charge in [-0.3, -0.25) is 0 Å². The van der Waals surface area contributed by atoms with Crippen LogP contribution in [0.25, 0.3) is 32.3 Å². The summed E-state index contributed by atoms with van der Waals surface area (Å²) in [5.74, 6) is 0. The van der Waals surface area contributed by atoms with Crippen molar-refractivity contribution in [2.75, 3.05) is 0 Å². The van der Waals surface area contributed by atoms with Crippen molar-refractivity contribution in [2.24, 2.45) is 0 Å². The lowest BCUT2D eigenvalue weighted by molar-refractivity contribution is -0.509. The molecule has 0 saturated carbocycles. The lowest BCUT2D eigenvalue weighted by Gasteiger charge is -2.12. The predicted molar refractivity (Wildman–Crippen MR) is 93.7 cm³/mol. The van der Waals surface area contributed by atoms with Crippen molar-refractivity contribution < 1.29 is 12.4 Å². The average molecular weight is 333 g/mol. The minimum absolute atomic E-state index is 0.317. The highest BCUT2D eigenvalue weighted by atomic mass is 32.2. The maximum absolute atomic E-state index is 13.0. The maximum Gasteiger partial charge on any atom is 0.335 e. The van der Waals surface area contributed by atoms with Crippen LogP contribution in [-0.4, -0.2) is 13.4 Å². The summed E-state index contributed by atoms with van der Waals surface area (Å²) in [4.78, 5) is 3.11. The molecule has 0 atom stereocenters. The van der Waals surface area contributed by atoms with E-state index in [1.807, 2.05) is 30.3 Å². The van der Waals surface area contributed by atoms with Crippen molar-refractivity contribution in [1.29, 1.82) is 0 Å². The fourth-order valence-electron chi connectivity index (χ4n) is 3.47. The molecule has 1 aromatic heterocycles. The first-order valence-electron chi connectivity index (χ1n) is 7.62. The van der Waals surface area contributed by atoms with E-state index in [4.69, 9.17) is 0 Å². The zero-order valence-electron chi connectivity index (χ0n) is 12.6. The molecule has 0 spiro atoms. The van der Waals surface area contributed by atoms with Crippen molar-refractivity contribution in [3.8, 4) is 0 Å². The highest BCUT2D eigenvalue weighted by molar-refractivity contribution is 7.85. The lowest BCUT2D eigenvalue weighted by Crippen LogP contribution is -2.40. The Hall–Kier alpha value is -2.92. The lowest BCUT2D eigenvalue weighted by atomic mass is 9.94. The summed E-state index contributed by atoms with van der Waals surface area (Å²) < 4.78 is 27.2. The summed E-state index contributed by atoms with van der Waals surface area (Å²) in [5, 5.41) is 6.16. The molecule has 0 aliphatic heterocycles. The van der Waals surface area contributed by atoms with E-state index in [2.05, 4.69) is 23.2 Å². The van der Waals surface area contributed by atoms with Gasteiger partial charge >= 0.3 is 10.0 Å². The first-order valence-corrected chi connectivity index (χ1v) is 9.06. The Morgan fingerprint density at radius 2 is 1.46 bits per heavy atom. The SMILES string of the molecule is O=S(=O)(c1ccc2ccc3cccc4ccc1c2c34)[n+]1cc[nH]c1. The molecule has 4 nitrogen and oxygen atoms in total. The number of nitrogens with zero attached hydrogens (tertiary/aromatic N) is 1. The Bertz CT molecular complexity index is 1290. The smallest absolute Gasteiger partial charge is 0.249 e. The average Bonchev–Trinajstić information content (AvgIpc) is 3.15. The van der Waals surface area contributed by atoms with Crippen LogP contribution in [0.5, 0.6) is 0 Å². The Morgan fingerprint density at radius 1 is 0.792 bits per heavy atom. The topological polar surface area (TPSA) is 53.8 Å². The molecule has 5 rings (SSSR count). The minimum Gasteiger partial charge on any atom is -0.249 e. The van der Waals surface area contributed by atoms with Gasteiger partial charge in [-0.2, -0.15) is 8.42 Å². The monoisotopic (exact) mass is 333 g/mol. The van der Waals surface area contributed by atoms with Gasteiger partial charge in [-0.05, 0) is 33.0 Å². The molecule has 0 unspecified atom stereocenters. The number of nitrogens with one attached hydrogen (secondary N) is 1. The molecule has 0 saturated heterocycles. The van der Waals surface area contributed by atoms with E-state index in [0.29, 0.717) is 4.90 Å². The second-order valence-corrected chi connectivity index (χ2v) is 7.68. The van der Waals surface area contributed by atoms with Crippen LogP contribution < -0.4 is 3.97 Å². The van der Waals surface area contributed by atoms with Crippen molar-refractivity contribution in [1.82, 2.24) is 4.98 Å². The molecule has 1 N–H and O–H groups in total. The molecular weight excluding hydrogens is 320 g/mol. The van der Waals surface area contributed by atoms with Crippen LogP contribution in [0, 0.1) is 0 Å².